The molecule has 4 nitrogen and oxygen atoms in total. The average Bonchev–Trinajstić information content (AvgIpc) is 2.30. The van der Waals surface area contributed by atoms with E-state index in [4.69, 9.17) is 0 Å². The molecule has 0 saturated heterocycles. The second-order valence-electron chi connectivity index (χ2n) is 3.18. The van der Waals surface area contributed by atoms with Gasteiger partial charge in [0.2, 0.25) is 0 Å². The Bertz CT molecular complexity index is 482. The molecule has 0 spiro atoms. The maximum atomic E-state index is 9.44. The number of azo groups is 1. The molecule has 2 rings (SSSR count). The number of phenolic OH excluding ortho intramolecular Hbond substituents is 2. The molecule has 0 aromatic heterocycles. The molecule has 5 heteroatoms. The molecule has 0 radical (unpaired) electrons. The third kappa shape index (κ3) is 3.44. The van der Waals surface area contributed by atoms with E-state index >= 15 is 0 Å². The molecular formula is C12H12MgN2O2. The predicted octanol–water partition coefficient (Wildman–Crippen LogP) is 2.60. The number of rotatable bonds is 2. The van der Waals surface area contributed by atoms with E-state index in [2.05, 4.69) is 10.2 Å². The minimum atomic E-state index is 0. The van der Waals surface area contributed by atoms with Crippen molar-refractivity contribution < 1.29 is 10.2 Å². The molecule has 0 heterocycles. The Morgan fingerprint density at radius 2 is 1.00 bits per heavy atom. The minimum absolute atomic E-state index is 0. The largest absolute Gasteiger partial charge is 0.506 e. The van der Waals surface area contributed by atoms with Gasteiger partial charge in [0, 0.05) is 0 Å². The van der Waals surface area contributed by atoms with Crippen LogP contribution in [0.15, 0.2) is 58.8 Å². The Morgan fingerprint density at radius 1 is 0.647 bits per heavy atom. The van der Waals surface area contributed by atoms with Gasteiger partial charge in [0.25, 0.3) is 0 Å². The van der Waals surface area contributed by atoms with Gasteiger partial charge in [-0.05, 0) is 24.3 Å². The van der Waals surface area contributed by atoms with Crippen LogP contribution < -0.4 is 0 Å². The molecule has 17 heavy (non-hydrogen) atoms. The molecule has 0 aliphatic rings. The minimum Gasteiger partial charge on any atom is -0.506 e. The number of para-hydroxylation sites is 2. The standard InChI is InChI=1S/C12H10N2O2.Mg.2H/c15-11-7-3-1-5-9(11)13-14-10-6-2-4-8-12(10)16;;;/h1-8,15-16H;;;/b14-13+;;;. The molecule has 2 aromatic carbocycles. The normalized spacial score (nSPS) is 10.1. The van der Waals surface area contributed by atoms with Crippen molar-refractivity contribution >= 4 is 34.4 Å². The predicted molar refractivity (Wildman–Crippen MR) is 68.9 cm³/mol. The summed E-state index contributed by atoms with van der Waals surface area (Å²) in [5.74, 6) is 0.114. The fourth-order valence-corrected chi connectivity index (χ4v) is 1.21. The molecule has 2 aromatic rings. The molecular weight excluding hydrogens is 228 g/mol. The van der Waals surface area contributed by atoms with E-state index in [0.29, 0.717) is 11.4 Å². The lowest BCUT2D eigenvalue weighted by molar-refractivity contribution is 0.474. The maximum Gasteiger partial charge on any atom is 0.316 e. The smallest absolute Gasteiger partial charge is 0.316 e. The van der Waals surface area contributed by atoms with Crippen LogP contribution in [0.2, 0.25) is 0 Å². The summed E-state index contributed by atoms with van der Waals surface area (Å²) in [6.07, 6.45) is 0. The molecule has 0 amide bonds. The molecule has 0 unspecified atom stereocenters. The summed E-state index contributed by atoms with van der Waals surface area (Å²) in [6.45, 7) is 0. The molecule has 0 aliphatic carbocycles. The van der Waals surface area contributed by atoms with E-state index in [1.54, 1.807) is 36.4 Å². The van der Waals surface area contributed by atoms with Gasteiger partial charge in [0.1, 0.15) is 22.9 Å². The van der Waals surface area contributed by atoms with Gasteiger partial charge < -0.3 is 10.2 Å². The Morgan fingerprint density at radius 3 is 1.35 bits per heavy atom. The van der Waals surface area contributed by atoms with Crippen molar-refractivity contribution in [3.8, 4) is 11.5 Å². The first-order valence-corrected chi connectivity index (χ1v) is 4.75. The van der Waals surface area contributed by atoms with E-state index < -0.39 is 0 Å². The van der Waals surface area contributed by atoms with E-state index in [9.17, 15) is 10.2 Å². The van der Waals surface area contributed by atoms with Crippen LogP contribution in [-0.2, 0) is 0 Å². The second kappa shape index (κ2) is 6.22. The first-order chi connectivity index (χ1) is 7.77. The third-order valence-electron chi connectivity index (χ3n) is 2.03. The number of hydrogen-bond donors (Lipinski definition) is 2. The zero-order valence-corrected chi connectivity index (χ0v) is 8.41. The van der Waals surface area contributed by atoms with Gasteiger partial charge in [-0.3, -0.25) is 0 Å². The summed E-state index contributed by atoms with van der Waals surface area (Å²) in [7, 11) is 0. The van der Waals surface area contributed by atoms with Gasteiger partial charge in [-0.25, -0.2) is 0 Å². The van der Waals surface area contributed by atoms with Gasteiger partial charge >= 0.3 is 23.1 Å². The monoisotopic (exact) mass is 240 g/mol. The van der Waals surface area contributed by atoms with Crippen molar-refractivity contribution in [2.24, 2.45) is 10.2 Å². The van der Waals surface area contributed by atoms with Gasteiger partial charge in [-0.15, -0.1) is 10.2 Å². The van der Waals surface area contributed by atoms with Crippen molar-refractivity contribution in [1.82, 2.24) is 0 Å². The summed E-state index contributed by atoms with van der Waals surface area (Å²) in [4.78, 5) is 0. The Hall–Kier alpha value is -1.59. The van der Waals surface area contributed by atoms with Crippen molar-refractivity contribution in [1.29, 1.82) is 0 Å². The van der Waals surface area contributed by atoms with E-state index in [1.807, 2.05) is 0 Å². The van der Waals surface area contributed by atoms with Gasteiger partial charge in [0.15, 0.2) is 0 Å². The summed E-state index contributed by atoms with van der Waals surface area (Å²) in [6, 6.07) is 13.2. The summed E-state index contributed by atoms with van der Waals surface area (Å²) < 4.78 is 0. The number of benzene rings is 2. The number of aromatic hydroxyl groups is 2. The Labute approximate surface area is 115 Å². The van der Waals surface area contributed by atoms with Crippen LogP contribution in [0.5, 0.6) is 11.5 Å². The van der Waals surface area contributed by atoms with Crippen molar-refractivity contribution in [3.05, 3.63) is 48.5 Å². The lowest BCUT2D eigenvalue weighted by Gasteiger charge is -1.97. The fourth-order valence-electron chi connectivity index (χ4n) is 1.21. The van der Waals surface area contributed by atoms with E-state index in [1.165, 1.54) is 12.1 Å². The topological polar surface area (TPSA) is 65.2 Å². The average molecular weight is 241 g/mol. The van der Waals surface area contributed by atoms with Crippen LogP contribution >= 0.6 is 0 Å². The Balaban J connectivity index is 0.00000144. The molecule has 2 N–H and O–H groups in total. The number of hydrogen-bond acceptors (Lipinski definition) is 4. The second-order valence-corrected chi connectivity index (χ2v) is 3.18. The van der Waals surface area contributed by atoms with Crippen LogP contribution in [0, 0.1) is 0 Å². The molecule has 0 bridgehead atoms. The lowest BCUT2D eigenvalue weighted by atomic mass is 10.3. The van der Waals surface area contributed by atoms with E-state index in [-0.39, 0.29) is 34.6 Å². The third-order valence-corrected chi connectivity index (χ3v) is 2.03. The zero-order chi connectivity index (χ0) is 11.4. The molecule has 0 saturated carbocycles. The van der Waals surface area contributed by atoms with Crippen LogP contribution in [0.3, 0.4) is 0 Å². The van der Waals surface area contributed by atoms with Crippen molar-refractivity contribution in [2.45, 2.75) is 0 Å². The van der Waals surface area contributed by atoms with Crippen molar-refractivity contribution in [2.75, 3.05) is 0 Å². The van der Waals surface area contributed by atoms with E-state index in [0.717, 1.165) is 0 Å². The maximum absolute atomic E-state index is 9.44. The lowest BCUT2D eigenvalue weighted by Crippen LogP contribution is -1.68. The van der Waals surface area contributed by atoms with Crippen LogP contribution in [-0.4, -0.2) is 33.3 Å². The number of nitrogens with zero attached hydrogens (tertiary/aromatic N) is 2. The van der Waals surface area contributed by atoms with Gasteiger partial charge in [0.05, 0.1) is 0 Å². The molecule has 0 atom stereocenters. The summed E-state index contributed by atoms with van der Waals surface area (Å²) in [5, 5.41) is 26.6. The summed E-state index contributed by atoms with van der Waals surface area (Å²) >= 11 is 0. The van der Waals surface area contributed by atoms with Crippen LogP contribution in [0.25, 0.3) is 0 Å². The highest BCUT2D eigenvalue weighted by Gasteiger charge is 1.99. The quantitative estimate of drug-likeness (QED) is 0.626. The molecule has 0 aliphatic heterocycles. The molecule has 0 fully saturated rings. The highest BCUT2D eigenvalue weighted by molar-refractivity contribution is 5.75. The SMILES string of the molecule is Oc1ccccc1/N=N/c1ccccc1O.[MgH2]. The van der Waals surface area contributed by atoms with Gasteiger partial charge in [-0.1, -0.05) is 24.3 Å². The van der Waals surface area contributed by atoms with Crippen molar-refractivity contribution in [3.63, 3.8) is 0 Å². The van der Waals surface area contributed by atoms with Crippen LogP contribution in [0.1, 0.15) is 0 Å². The zero-order valence-electron chi connectivity index (χ0n) is 8.41. The highest BCUT2D eigenvalue weighted by Crippen LogP contribution is 2.30. The summed E-state index contributed by atoms with van der Waals surface area (Å²) in [5.41, 5.74) is 0.733. The van der Waals surface area contributed by atoms with Gasteiger partial charge in [-0.2, -0.15) is 0 Å². The fraction of sp³-hybridized carbons (Fsp3) is 0. The molecule has 84 valence electrons. The first kappa shape index (κ1) is 13.5. The number of phenols is 2. The van der Waals surface area contributed by atoms with Crippen LogP contribution in [0.4, 0.5) is 11.4 Å². The first-order valence-electron chi connectivity index (χ1n) is 4.75. The Kier molecular flexibility index (Phi) is 4.93. The highest BCUT2D eigenvalue weighted by atomic mass is 24.3.